The Hall–Kier alpha value is -0.540. The van der Waals surface area contributed by atoms with Crippen molar-refractivity contribution in [3.8, 4) is 0 Å². The summed E-state index contributed by atoms with van der Waals surface area (Å²) in [5.74, 6) is 0. The standard InChI is InChI=1S/C14H11BrCl2O/c15-11-7-10(5-6-13(11)17)14(18)8-9-3-1-2-4-12(9)16/h1-7,14,18H,8H2. The van der Waals surface area contributed by atoms with Gasteiger partial charge in [-0.3, -0.25) is 0 Å². The van der Waals surface area contributed by atoms with Gasteiger partial charge in [0.15, 0.2) is 0 Å². The fourth-order valence-electron chi connectivity index (χ4n) is 1.71. The molecule has 0 amide bonds. The predicted molar refractivity (Wildman–Crippen MR) is 79.3 cm³/mol. The molecule has 2 aromatic carbocycles. The van der Waals surface area contributed by atoms with Crippen molar-refractivity contribution in [1.82, 2.24) is 0 Å². The Balaban J connectivity index is 2.19. The van der Waals surface area contributed by atoms with Crippen LogP contribution in [0, 0.1) is 0 Å². The minimum atomic E-state index is -0.599. The van der Waals surface area contributed by atoms with Gasteiger partial charge in [-0.05, 0) is 45.3 Å². The molecule has 0 saturated carbocycles. The van der Waals surface area contributed by atoms with E-state index in [0.717, 1.165) is 15.6 Å². The van der Waals surface area contributed by atoms with Crippen LogP contribution in [0.2, 0.25) is 10.0 Å². The molecule has 0 radical (unpaired) electrons. The van der Waals surface area contributed by atoms with Crippen molar-refractivity contribution in [3.63, 3.8) is 0 Å². The second-order valence-electron chi connectivity index (χ2n) is 3.98. The van der Waals surface area contributed by atoms with E-state index in [1.165, 1.54) is 0 Å². The smallest absolute Gasteiger partial charge is 0.0831 e. The Morgan fingerprint density at radius 2 is 1.78 bits per heavy atom. The maximum Gasteiger partial charge on any atom is 0.0831 e. The lowest BCUT2D eigenvalue weighted by Crippen LogP contribution is -2.02. The van der Waals surface area contributed by atoms with Gasteiger partial charge < -0.3 is 5.11 Å². The molecule has 0 spiro atoms. The second-order valence-corrected chi connectivity index (χ2v) is 5.65. The molecule has 4 heteroatoms. The van der Waals surface area contributed by atoms with Gasteiger partial charge in [-0.2, -0.15) is 0 Å². The van der Waals surface area contributed by atoms with Gasteiger partial charge in [-0.25, -0.2) is 0 Å². The Morgan fingerprint density at radius 3 is 2.44 bits per heavy atom. The molecule has 0 fully saturated rings. The van der Waals surface area contributed by atoms with E-state index in [1.807, 2.05) is 36.4 Å². The average molecular weight is 346 g/mol. The van der Waals surface area contributed by atoms with Crippen LogP contribution in [0.5, 0.6) is 0 Å². The van der Waals surface area contributed by atoms with Gasteiger partial charge >= 0.3 is 0 Å². The van der Waals surface area contributed by atoms with Crippen molar-refractivity contribution in [2.75, 3.05) is 0 Å². The number of benzene rings is 2. The minimum absolute atomic E-state index is 0.480. The van der Waals surface area contributed by atoms with Crippen LogP contribution in [-0.4, -0.2) is 5.11 Å². The summed E-state index contributed by atoms with van der Waals surface area (Å²) in [6, 6.07) is 12.9. The first kappa shape index (κ1) is 13.9. The average Bonchev–Trinajstić information content (AvgIpc) is 2.35. The molecule has 0 saturated heterocycles. The topological polar surface area (TPSA) is 20.2 Å². The van der Waals surface area contributed by atoms with Gasteiger partial charge in [0, 0.05) is 15.9 Å². The van der Waals surface area contributed by atoms with E-state index in [0.29, 0.717) is 16.5 Å². The number of aliphatic hydroxyl groups is 1. The first-order valence-corrected chi connectivity index (χ1v) is 6.99. The number of aliphatic hydroxyl groups excluding tert-OH is 1. The molecule has 1 N–H and O–H groups in total. The van der Waals surface area contributed by atoms with Gasteiger partial charge in [0.25, 0.3) is 0 Å². The lowest BCUT2D eigenvalue weighted by Gasteiger charge is -2.13. The van der Waals surface area contributed by atoms with Crippen molar-refractivity contribution in [1.29, 1.82) is 0 Å². The Kier molecular flexibility index (Phi) is 4.68. The van der Waals surface area contributed by atoms with Crippen molar-refractivity contribution >= 4 is 39.1 Å². The Morgan fingerprint density at radius 1 is 1.06 bits per heavy atom. The molecule has 1 nitrogen and oxygen atoms in total. The molecule has 18 heavy (non-hydrogen) atoms. The number of hydrogen-bond acceptors (Lipinski definition) is 1. The Bertz CT molecular complexity index is 557. The van der Waals surface area contributed by atoms with E-state index in [9.17, 15) is 5.11 Å². The van der Waals surface area contributed by atoms with Crippen LogP contribution in [-0.2, 0) is 6.42 Å². The summed E-state index contributed by atoms with van der Waals surface area (Å²) >= 11 is 15.3. The van der Waals surface area contributed by atoms with E-state index >= 15 is 0 Å². The highest BCUT2D eigenvalue weighted by Crippen LogP contribution is 2.28. The van der Waals surface area contributed by atoms with Gasteiger partial charge in [-0.15, -0.1) is 0 Å². The molecule has 0 bridgehead atoms. The van der Waals surface area contributed by atoms with Crippen molar-refractivity contribution in [2.24, 2.45) is 0 Å². The molecular formula is C14H11BrCl2O. The number of halogens is 3. The zero-order chi connectivity index (χ0) is 13.1. The summed E-state index contributed by atoms with van der Waals surface area (Å²) in [5, 5.41) is 11.5. The molecule has 0 aliphatic carbocycles. The highest BCUT2D eigenvalue weighted by atomic mass is 79.9. The minimum Gasteiger partial charge on any atom is -0.388 e. The molecule has 0 aliphatic heterocycles. The molecule has 2 rings (SSSR count). The highest BCUT2D eigenvalue weighted by Gasteiger charge is 2.11. The van der Waals surface area contributed by atoms with E-state index in [-0.39, 0.29) is 0 Å². The van der Waals surface area contributed by atoms with E-state index in [2.05, 4.69) is 15.9 Å². The van der Waals surface area contributed by atoms with Crippen LogP contribution in [0.3, 0.4) is 0 Å². The molecule has 0 aromatic heterocycles. The van der Waals surface area contributed by atoms with Crippen LogP contribution in [0.15, 0.2) is 46.9 Å². The molecule has 1 unspecified atom stereocenters. The second kappa shape index (κ2) is 6.07. The number of hydrogen-bond donors (Lipinski definition) is 1. The lowest BCUT2D eigenvalue weighted by atomic mass is 10.0. The highest BCUT2D eigenvalue weighted by molar-refractivity contribution is 9.10. The largest absolute Gasteiger partial charge is 0.388 e. The van der Waals surface area contributed by atoms with Crippen LogP contribution >= 0.6 is 39.1 Å². The first-order chi connectivity index (χ1) is 8.58. The third-order valence-corrected chi connectivity index (χ3v) is 4.28. The van der Waals surface area contributed by atoms with Crippen molar-refractivity contribution < 1.29 is 5.11 Å². The van der Waals surface area contributed by atoms with Crippen LogP contribution in [0.25, 0.3) is 0 Å². The van der Waals surface area contributed by atoms with Gasteiger partial charge in [0.2, 0.25) is 0 Å². The molecule has 0 heterocycles. The SMILES string of the molecule is OC(Cc1ccccc1Cl)c1ccc(Cl)c(Br)c1. The normalized spacial score (nSPS) is 12.4. The number of rotatable bonds is 3. The zero-order valence-corrected chi connectivity index (χ0v) is 12.5. The third kappa shape index (κ3) is 3.27. The van der Waals surface area contributed by atoms with Crippen LogP contribution in [0.4, 0.5) is 0 Å². The summed E-state index contributed by atoms with van der Waals surface area (Å²) < 4.78 is 0.778. The molecule has 1 atom stereocenters. The summed E-state index contributed by atoms with van der Waals surface area (Å²) in [6.45, 7) is 0. The third-order valence-electron chi connectivity index (χ3n) is 2.70. The maximum atomic E-state index is 10.2. The van der Waals surface area contributed by atoms with Gasteiger partial charge in [0.1, 0.15) is 0 Å². The molecular weight excluding hydrogens is 335 g/mol. The fourth-order valence-corrected chi connectivity index (χ4v) is 2.44. The van der Waals surface area contributed by atoms with E-state index in [1.54, 1.807) is 6.07 Å². The summed E-state index contributed by atoms with van der Waals surface area (Å²) in [4.78, 5) is 0. The first-order valence-electron chi connectivity index (χ1n) is 5.44. The molecule has 2 aromatic rings. The van der Waals surface area contributed by atoms with Crippen LogP contribution in [0.1, 0.15) is 17.2 Å². The zero-order valence-electron chi connectivity index (χ0n) is 9.41. The fraction of sp³-hybridized carbons (Fsp3) is 0.143. The van der Waals surface area contributed by atoms with Crippen molar-refractivity contribution in [2.45, 2.75) is 12.5 Å². The molecule has 94 valence electrons. The maximum absolute atomic E-state index is 10.2. The summed E-state index contributed by atoms with van der Waals surface area (Å²) in [6.07, 6.45) is -0.119. The predicted octanol–water partition coefficient (Wildman–Crippen LogP) is 5.03. The van der Waals surface area contributed by atoms with Gasteiger partial charge in [0.05, 0.1) is 11.1 Å². The van der Waals surface area contributed by atoms with Crippen molar-refractivity contribution in [3.05, 3.63) is 68.1 Å². The summed E-state index contributed by atoms with van der Waals surface area (Å²) in [7, 11) is 0. The van der Waals surface area contributed by atoms with E-state index in [4.69, 9.17) is 23.2 Å². The lowest BCUT2D eigenvalue weighted by molar-refractivity contribution is 0.178. The van der Waals surface area contributed by atoms with Crippen LogP contribution < -0.4 is 0 Å². The quantitative estimate of drug-likeness (QED) is 0.826. The molecule has 0 aliphatic rings. The monoisotopic (exact) mass is 344 g/mol. The van der Waals surface area contributed by atoms with Gasteiger partial charge in [-0.1, -0.05) is 47.5 Å². The summed E-state index contributed by atoms with van der Waals surface area (Å²) in [5.41, 5.74) is 1.74. The Labute approximate surface area is 124 Å². The van der Waals surface area contributed by atoms with E-state index < -0.39 is 6.10 Å².